The minimum absolute atomic E-state index is 0.287. The number of hydrogen-bond donors (Lipinski definition) is 4. The van der Waals surface area contributed by atoms with Gasteiger partial charge >= 0.3 is 6.09 Å². The molecule has 1 amide bonds. The molecule has 1 aromatic carbocycles. The van der Waals surface area contributed by atoms with E-state index in [1.165, 1.54) is 0 Å². The normalized spacial score (nSPS) is 17.5. The summed E-state index contributed by atoms with van der Waals surface area (Å²) in [6.45, 7) is 5.08. The topological polar surface area (TPSA) is 159 Å². The van der Waals surface area contributed by atoms with Gasteiger partial charge in [-0.05, 0) is 37.1 Å². The zero-order valence-electron chi connectivity index (χ0n) is 17.6. The van der Waals surface area contributed by atoms with Crippen molar-refractivity contribution in [3.63, 3.8) is 0 Å². The first-order valence-electron chi connectivity index (χ1n) is 10.3. The number of piperidine rings is 1. The summed E-state index contributed by atoms with van der Waals surface area (Å²) in [6, 6.07) is 10.9. The first-order chi connectivity index (χ1) is 14.9. The van der Waals surface area contributed by atoms with E-state index in [4.69, 9.17) is 32.4 Å². The van der Waals surface area contributed by atoms with Gasteiger partial charge in [0.05, 0.1) is 24.6 Å². The maximum Gasteiger partial charge on any atom is 0.415 e. The SMILES string of the molecule is Nc1ccc(N)c(N)n1.Nc1ccccc1OC(=O)N1CCC(N2CCOCC2)CC1. The van der Waals surface area contributed by atoms with Gasteiger partial charge < -0.3 is 37.3 Å². The van der Waals surface area contributed by atoms with Crippen LogP contribution < -0.4 is 27.7 Å². The quantitative estimate of drug-likeness (QED) is 0.517. The molecule has 0 spiro atoms. The molecule has 0 radical (unpaired) electrons. The van der Waals surface area contributed by atoms with Gasteiger partial charge in [-0.25, -0.2) is 9.78 Å². The van der Waals surface area contributed by atoms with Gasteiger partial charge in [-0.1, -0.05) is 12.1 Å². The van der Waals surface area contributed by atoms with Crippen molar-refractivity contribution in [2.24, 2.45) is 0 Å². The molecular weight excluding hydrogens is 398 g/mol. The summed E-state index contributed by atoms with van der Waals surface area (Å²) < 4.78 is 10.8. The van der Waals surface area contributed by atoms with Gasteiger partial charge in [0.2, 0.25) is 0 Å². The zero-order valence-corrected chi connectivity index (χ0v) is 17.6. The van der Waals surface area contributed by atoms with Crippen LogP contribution in [-0.4, -0.2) is 66.3 Å². The summed E-state index contributed by atoms with van der Waals surface area (Å²) in [6.07, 6.45) is 1.66. The first-order valence-corrected chi connectivity index (χ1v) is 10.3. The number of para-hydroxylation sites is 2. The maximum atomic E-state index is 12.2. The Labute approximate surface area is 182 Å². The second-order valence-corrected chi connectivity index (χ2v) is 7.48. The highest BCUT2D eigenvalue weighted by Gasteiger charge is 2.28. The Hall–Kier alpha value is -3.24. The molecule has 2 saturated heterocycles. The molecular formula is C21H31N7O3. The third-order valence-electron chi connectivity index (χ3n) is 5.38. The molecule has 31 heavy (non-hydrogen) atoms. The van der Waals surface area contributed by atoms with Gasteiger partial charge in [0.25, 0.3) is 0 Å². The average Bonchev–Trinajstić information content (AvgIpc) is 2.79. The van der Waals surface area contributed by atoms with Crippen LogP contribution in [0.1, 0.15) is 12.8 Å². The fourth-order valence-corrected chi connectivity index (χ4v) is 3.59. The van der Waals surface area contributed by atoms with E-state index >= 15 is 0 Å². The lowest BCUT2D eigenvalue weighted by Gasteiger charge is -2.39. The van der Waals surface area contributed by atoms with Crippen molar-refractivity contribution in [2.75, 3.05) is 62.3 Å². The molecule has 2 aromatic rings. The number of nitrogen functional groups attached to an aromatic ring is 4. The van der Waals surface area contributed by atoms with Crippen molar-refractivity contribution in [1.29, 1.82) is 0 Å². The van der Waals surface area contributed by atoms with Crippen molar-refractivity contribution in [2.45, 2.75) is 18.9 Å². The van der Waals surface area contributed by atoms with Crippen molar-refractivity contribution in [3.05, 3.63) is 36.4 Å². The number of rotatable bonds is 2. The number of benzene rings is 1. The van der Waals surface area contributed by atoms with E-state index in [0.717, 1.165) is 52.2 Å². The Kier molecular flexibility index (Phi) is 7.74. The summed E-state index contributed by atoms with van der Waals surface area (Å²) in [5.74, 6) is 1.11. The second kappa shape index (κ2) is 10.7. The van der Waals surface area contributed by atoms with Crippen LogP contribution in [0.3, 0.4) is 0 Å². The Morgan fingerprint density at radius 3 is 2.23 bits per heavy atom. The van der Waals surface area contributed by atoms with Crippen LogP contribution in [0.2, 0.25) is 0 Å². The lowest BCUT2D eigenvalue weighted by atomic mass is 10.0. The number of hydrogen-bond acceptors (Lipinski definition) is 9. The monoisotopic (exact) mass is 429 g/mol. The van der Waals surface area contributed by atoms with Gasteiger partial charge in [0.15, 0.2) is 5.75 Å². The van der Waals surface area contributed by atoms with Crippen molar-refractivity contribution in [1.82, 2.24) is 14.8 Å². The summed E-state index contributed by atoms with van der Waals surface area (Å²) in [7, 11) is 0. The van der Waals surface area contributed by atoms with Gasteiger partial charge in [0.1, 0.15) is 11.6 Å². The van der Waals surface area contributed by atoms with E-state index in [2.05, 4.69) is 9.88 Å². The molecule has 2 aliphatic rings. The molecule has 2 fully saturated rings. The third kappa shape index (κ3) is 6.37. The highest BCUT2D eigenvalue weighted by Crippen LogP contribution is 2.23. The van der Waals surface area contributed by atoms with E-state index < -0.39 is 0 Å². The van der Waals surface area contributed by atoms with Crippen LogP contribution in [0, 0.1) is 0 Å². The van der Waals surface area contributed by atoms with Crippen molar-refractivity contribution < 1.29 is 14.3 Å². The number of carbonyl (C=O) groups excluding carboxylic acids is 1. The van der Waals surface area contributed by atoms with Gasteiger partial charge in [-0.2, -0.15) is 0 Å². The summed E-state index contributed by atoms with van der Waals surface area (Å²) >= 11 is 0. The fraction of sp³-hybridized carbons (Fsp3) is 0.429. The lowest BCUT2D eigenvalue weighted by Crippen LogP contribution is -2.50. The molecule has 8 N–H and O–H groups in total. The predicted molar refractivity (Wildman–Crippen MR) is 121 cm³/mol. The molecule has 4 rings (SSSR count). The van der Waals surface area contributed by atoms with E-state index in [0.29, 0.717) is 29.0 Å². The van der Waals surface area contributed by atoms with Gasteiger partial charge in [-0.15, -0.1) is 0 Å². The predicted octanol–water partition coefficient (Wildman–Crippen LogP) is 1.39. The number of carbonyl (C=O) groups is 1. The number of anilines is 4. The number of likely N-dealkylation sites (tertiary alicyclic amines) is 1. The number of amides is 1. The molecule has 3 heterocycles. The molecule has 1 aromatic heterocycles. The Balaban J connectivity index is 0.000000254. The second-order valence-electron chi connectivity index (χ2n) is 7.48. The minimum Gasteiger partial charge on any atom is -0.408 e. The number of pyridine rings is 1. The van der Waals surface area contributed by atoms with E-state index in [1.807, 2.05) is 12.1 Å². The number of nitrogens with zero attached hydrogens (tertiary/aromatic N) is 3. The van der Waals surface area contributed by atoms with Crippen LogP contribution in [0.25, 0.3) is 0 Å². The lowest BCUT2D eigenvalue weighted by molar-refractivity contribution is 0.00235. The van der Waals surface area contributed by atoms with Crippen molar-refractivity contribution >= 4 is 29.1 Å². The summed E-state index contributed by atoms with van der Waals surface area (Å²) in [5.41, 5.74) is 22.7. The van der Waals surface area contributed by atoms with Crippen LogP contribution in [0.15, 0.2) is 36.4 Å². The van der Waals surface area contributed by atoms with E-state index in [9.17, 15) is 4.79 Å². The Morgan fingerprint density at radius 1 is 0.935 bits per heavy atom. The number of nitrogens with two attached hydrogens (primary N) is 4. The molecule has 0 saturated carbocycles. The first kappa shape index (κ1) is 22.4. The highest BCUT2D eigenvalue weighted by atomic mass is 16.6. The molecule has 0 atom stereocenters. The van der Waals surface area contributed by atoms with E-state index in [1.54, 1.807) is 29.2 Å². The number of aromatic nitrogens is 1. The third-order valence-corrected chi connectivity index (χ3v) is 5.38. The van der Waals surface area contributed by atoms with E-state index in [-0.39, 0.29) is 11.9 Å². The maximum absolute atomic E-state index is 12.2. The number of ether oxygens (including phenoxy) is 2. The summed E-state index contributed by atoms with van der Waals surface area (Å²) in [4.78, 5) is 20.2. The molecule has 10 heteroatoms. The largest absolute Gasteiger partial charge is 0.415 e. The molecule has 168 valence electrons. The minimum atomic E-state index is -0.307. The van der Waals surface area contributed by atoms with Gasteiger partial charge in [0, 0.05) is 32.2 Å². The standard InChI is InChI=1S/C16H23N3O3.C5H8N4/c17-14-3-1-2-4-15(14)22-16(20)19-7-5-13(6-8-19)18-9-11-21-12-10-18;6-3-1-2-4(7)9-5(3)8/h1-4,13H,5-12,17H2;1-2H,6H2,(H4,7,8,9). The zero-order chi connectivity index (χ0) is 22.2. The molecule has 10 nitrogen and oxygen atoms in total. The fourth-order valence-electron chi connectivity index (χ4n) is 3.59. The highest BCUT2D eigenvalue weighted by molar-refractivity contribution is 5.73. The smallest absolute Gasteiger partial charge is 0.408 e. The van der Waals surface area contributed by atoms with Crippen LogP contribution in [0.4, 0.5) is 27.8 Å². The molecule has 2 aliphatic heterocycles. The van der Waals surface area contributed by atoms with Gasteiger partial charge in [-0.3, -0.25) is 4.90 Å². The van der Waals surface area contributed by atoms with Crippen molar-refractivity contribution in [3.8, 4) is 5.75 Å². The Morgan fingerprint density at radius 2 is 1.61 bits per heavy atom. The Bertz CT molecular complexity index is 866. The molecule has 0 unspecified atom stereocenters. The average molecular weight is 430 g/mol. The molecule has 0 aliphatic carbocycles. The van der Waals surface area contributed by atoms with Crippen LogP contribution in [0.5, 0.6) is 5.75 Å². The number of morpholine rings is 1. The van der Waals surface area contributed by atoms with Crippen LogP contribution in [-0.2, 0) is 4.74 Å². The van der Waals surface area contributed by atoms with Crippen LogP contribution >= 0.6 is 0 Å². The molecule has 0 bridgehead atoms. The summed E-state index contributed by atoms with van der Waals surface area (Å²) in [5, 5.41) is 0.